The van der Waals surface area contributed by atoms with Crippen molar-refractivity contribution in [3.8, 4) is 11.5 Å². The molecule has 2 N–H and O–H groups in total. The number of alkyl halides is 3. The second-order valence-electron chi connectivity index (χ2n) is 11.0. The van der Waals surface area contributed by atoms with E-state index in [0.29, 0.717) is 30.0 Å². The van der Waals surface area contributed by atoms with Crippen LogP contribution in [0.1, 0.15) is 57.8 Å². The zero-order valence-corrected chi connectivity index (χ0v) is 27.2. The van der Waals surface area contributed by atoms with Gasteiger partial charge in [0.25, 0.3) is 5.91 Å². The van der Waals surface area contributed by atoms with E-state index >= 15 is 0 Å². The normalized spacial score (nSPS) is 12.5. The van der Waals surface area contributed by atoms with Crippen molar-refractivity contribution in [1.29, 1.82) is 0 Å². The number of amides is 2. The quantitative estimate of drug-likeness (QED) is 0.119. The van der Waals surface area contributed by atoms with Crippen LogP contribution in [0.4, 0.5) is 18.0 Å². The molecule has 0 spiro atoms. The first kappa shape index (κ1) is 39.2. The van der Waals surface area contributed by atoms with E-state index in [0.717, 1.165) is 10.9 Å². The number of carbonyl (C=O) groups excluding carboxylic acids is 3. The summed E-state index contributed by atoms with van der Waals surface area (Å²) >= 11 is 0. The van der Waals surface area contributed by atoms with E-state index < -0.39 is 33.3 Å². The third kappa shape index (κ3) is 13.3. The maximum Gasteiger partial charge on any atom is 0.485 e. The molecule has 254 valence electrons. The monoisotopic (exact) mass is 667 g/mol. The van der Waals surface area contributed by atoms with Crippen LogP contribution >= 0.6 is 0 Å². The molecule has 1 unspecified atom stereocenters. The fourth-order valence-corrected chi connectivity index (χ4v) is 3.56. The zero-order chi connectivity index (χ0) is 34.8. The van der Waals surface area contributed by atoms with E-state index in [9.17, 15) is 27.6 Å². The van der Waals surface area contributed by atoms with Crippen LogP contribution in [0.3, 0.4) is 0 Å². The second kappa shape index (κ2) is 16.5. The van der Waals surface area contributed by atoms with E-state index in [1.54, 1.807) is 47.3 Å². The molecule has 0 saturated heterocycles. The number of fused-ring (bicyclic) bond motifs is 1. The molecule has 13 nitrogen and oxygen atoms in total. The highest BCUT2D eigenvalue weighted by molar-refractivity contribution is 7.86. The van der Waals surface area contributed by atoms with Crippen LogP contribution < -0.4 is 24.7 Å². The smallest absolute Gasteiger partial charge is 0.485 e. The molecule has 1 atom stereocenters. The number of alkyl carbamates (subject to hydrolysis) is 1. The van der Waals surface area contributed by atoms with E-state index in [1.165, 1.54) is 0 Å². The Morgan fingerprint density at radius 1 is 1.02 bits per heavy atom. The standard InChI is InChI=1S/C27H39N3O7.CHF3O3S/c1-17(2)20(16-36-24(31)10-9-11-28-26(33)37-27(3,4)5)29-25(32)19-12-18-13-22(34-7)23(35-8)14-21(18)30(6)15-19;2-1(3,4)8(5,6)7/h12-15,17,20H,9-11,16H2,1-8H3,(H-,28,29,32,33);(H,5,6,7). The Hall–Kier alpha value is -3.86. The van der Waals surface area contributed by atoms with Gasteiger partial charge in [0.1, 0.15) is 24.8 Å². The lowest BCUT2D eigenvalue weighted by Crippen LogP contribution is -2.43. The van der Waals surface area contributed by atoms with Gasteiger partial charge in [-0.3, -0.25) is 9.59 Å². The van der Waals surface area contributed by atoms with Crippen LogP contribution in [0.25, 0.3) is 10.9 Å². The number of nitrogens with one attached hydrogen (secondary N) is 2. The molecule has 1 heterocycles. The number of esters is 1. The van der Waals surface area contributed by atoms with Gasteiger partial charge in [0.15, 0.2) is 27.8 Å². The molecule has 2 rings (SSSR count). The molecule has 17 heteroatoms. The first-order valence-electron chi connectivity index (χ1n) is 13.6. The van der Waals surface area contributed by atoms with Gasteiger partial charge in [-0.05, 0) is 45.2 Å². The predicted molar refractivity (Wildman–Crippen MR) is 155 cm³/mol. The number of hydrogen-bond acceptors (Lipinski definition) is 10. The number of ether oxygens (including phenoxy) is 4. The zero-order valence-electron chi connectivity index (χ0n) is 26.4. The summed E-state index contributed by atoms with van der Waals surface area (Å²) in [6.07, 6.45) is 1.77. The van der Waals surface area contributed by atoms with Gasteiger partial charge in [-0.15, -0.1) is 0 Å². The molecule has 1 aromatic carbocycles. The third-order valence-electron chi connectivity index (χ3n) is 5.87. The van der Waals surface area contributed by atoms with E-state index in [-0.39, 0.29) is 30.9 Å². The Morgan fingerprint density at radius 2 is 1.58 bits per heavy atom. The minimum absolute atomic E-state index is 0.0316. The number of nitrogens with zero attached hydrogens (tertiary/aromatic N) is 1. The minimum atomic E-state index is -6.09. The van der Waals surface area contributed by atoms with Gasteiger partial charge in [0.05, 0.1) is 31.7 Å². The SMILES string of the molecule is COc1cc2cc(C(=O)NC(COC(=O)CCCNC(=O)OC(C)(C)C)C(C)C)c[n+](C)c2cc1OC.O=S(=O)([O-])C(F)(F)F. The molecule has 0 aliphatic rings. The van der Waals surface area contributed by atoms with Gasteiger partial charge in [0, 0.05) is 13.0 Å². The van der Waals surface area contributed by atoms with E-state index in [1.807, 2.05) is 37.6 Å². The van der Waals surface area contributed by atoms with Crippen LogP contribution in [-0.4, -0.2) is 75.5 Å². The summed E-state index contributed by atoms with van der Waals surface area (Å²) in [5.74, 6) is 0.530. The van der Waals surface area contributed by atoms with Gasteiger partial charge in [-0.2, -0.15) is 13.2 Å². The number of benzene rings is 1. The molecule has 0 aliphatic carbocycles. The Balaban J connectivity index is 0.00000111. The average molecular weight is 668 g/mol. The number of hydrogen-bond donors (Lipinski definition) is 2. The topological polar surface area (TPSA) is 173 Å². The lowest BCUT2D eigenvalue weighted by atomic mass is 10.0. The number of pyridine rings is 1. The number of rotatable bonds is 11. The predicted octanol–water partition coefficient (Wildman–Crippen LogP) is 3.34. The molecule has 0 bridgehead atoms. The number of aromatic nitrogens is 1. The van der Waals surface area contributed by atoms with Crippen molar-refractivity contribution >= 4 is 39.0 Å². The molecule has 0 fully saturated rings. The van der Waals surface area contributed by atoms with Crippen molar-refractivity contribution in [3.05, 3.63) is 30.0 Å². The third-order valence-corrected chi connectivity index (χ3v) is 6.44. The van der Waals surface area contributed by atoms with Gasteiger partial charge >= 0.3 is 17.6 Å². The molecular formula is C28H40F3N3O10S. The summed E-state index contributed by atoms with van der Waals surface area (Å²) in [4.78, 5) is 36.9. The second-order valence-corrected chi connectivity index (χ2v) is 12.4. The van der Waals surface area contributed by atoms with Gasteiger partial charge in [-0.1, -0.05) is 13.8 Å². The molecule has 1 aromatic heterocycles. The molecule has 45 heavy (non-hydrogen) atoms. The van der Waals surface area contributed by atoms with Crippen molar-refractivity contribution in [2.24, 2.45) is 13.0 Å². The van der Waals surface area contributed by atoms with Crippen molar-refractivity contribution in [2.75, 3.05) is 27.4 Å². The summed E-state index contributed by atoms with van der Waals surface area (Å²) in [7, 11) is -1.10. The molecule has 2 aromatic rings. The molecule has 0 saturated carbocycles. The van der Waals surface area contributed by atoms with Crippen LogP contribution in [0.15, 0.2) is 24.4 Å². The fraction of sp³-hybridized carbons (Fsp3) is 0.571. The van der Waals surface area contributed by atoms with Crippen molar-refractivity contribution in [3.63, 3.8) is 0 Å². The van der Waals surface area contributed by atoms with E-state index in [2.05, 4.69) is 10.6 Å². The molecule has 0 radical (unpaired) electrons. The Morgan fingerprint density at radius 3 is 2.07 bits per heavy atom. The maximum absolute atomic E-state index is 13.1. The maximum atomic E-state index is 13.1. The number of aryl methyl sites for hydroxylation is 1. The lowest BCUT2D eigenvalue weighted by Gasteiger charge is -2.22. The average Bonchev–Trinajstić information content (AvgIpc) is 2.90. The van der Waals surface area contributed by atoms with Crippen molar-refractivity contribution in [2.45, 2.75) is 64.6 Å². The number of methoxy groups -OCH3 is 2. The van der Waals surface area contributed by atoms with Crippen LogP contribution in [0.2, 0.25) is 0 Å². The summed E-state index contributed by atoms with van der Waals surface area (Å²) in [5.41, 5.74) is -4.88. The summed E-state index contributed by atoms with van der Waals surface area (Å²) in [6, 6.07) is 5.09. The summed E-state index contributed by atoms with van der Waals surface area (Å²) in [5, 5.41) is 6.41. The van der Waals surface area contributed by atoms with Crippen molar-refractivity contribution < 1.29 is 64.0 Å². The minimum Gasteiger partial charge on any atom is -0.741 e. The first-order valence-corrected chi connectivity index (χ1v) is 15.0. The molecule has 2 amide bonds. The highest BCUT2D eigenvalue weighted by atomic mass is 32.2. The largest absolute Gasteiger partial charge is 0.741 e. The van der Waals surface area contributed by atoms with Gasteiger partial charge < -0.3 is 34.1 Å². The lowest BCUT2D eigenvalue weighted by molar-refractivity contribution is -0.645. The van der Waals surface area contributed by atoms with Crippen LogP contribution in [-0.2, 0) is 31.4 Å². The van der Waals surface area contributed by atoms with E-state index in [4.69, 9.17) is 31.9 Å². The van der Waals surface area contributed by atoms with Gasteiger partial charge in [-0.25, -0.2) is 17.8 Å². The van der Waals surface area contributed by atoms with Crippen molar-refractivity contribution in [1.82, 2.24) is 10.6 Å². The van der Waals surface area contributed by atoms with Crippen LogP contribution in [0, 0.1) is 5.92 Å². The molecular weight excluding hydrogens is 627 g/mol. The Kier molecular flexibility index (Phi) is 14.3. The first-order chi connectivity index (χ1) is 20.6. The highest BCUT2D eigenvalue weighted by Crippen LogP contribution is 2.31. The number of halogens is 3. The van der Waals surface area contributed by atoms with Crippen LogP contribution in [0.5, 0.6) is 11.5 Å². The fourth-order valence-electron chi connectivity index (χ4n) is 3.56. The van der Waals surface area contributed by atoms with Gasteiger partial charge in [0.2, 0.25) is 5.52 Å². The molecule has 0 aliphatic heterocycles. The Labute approximate surface area is 260 Å². The summed E-state index contributed by atoms with van der Waals surface area (Å²) in [6.45, 7) is 9.58. The summed E-state index contributed by atoms with van der Waals surface area (Å²) < 4.78 is 82.1. The number of carbonyl (C=O) groups is 3. The highest BCUT2D eigenvalue weighted by Gasteiger charge is 2.37. The Bertz CT molecular complexity index is 1440.